The maximum absolute atomic E-state index is 12.9. The second kappa shape index (κ2) is 8.86. The van der Waals surface area contributed by atoms with Crippen LogP contribution >= 0.6 is 11.6 Å². The van der Waals surface area contributed by atoms with Crippen LogP contribution in [0.25, 0.3) is 11.3 Å². The Kier molecular flexibility index (Phi) is 6.23. The minimum absolute atomic E-state index is 0.0427. The largest absolute Gasteiger partial charge is 0.390 e. The van der Waals surface area contributed by atoms with Crippen molar-refractivity contribution in [2.24, 2.45) is 5.92 Å². The molecule has 1 aromatic carbocycles. The van der Waals surface area contributed by atoms with Crippen LogP contribution in [-0.4, -0.2) is 58.5 Å². The van der Waals surface area contributed by atoms with Gasteiger partial charge in [-0.25, -0.2) is 0 Å². The zero-order valence-electron chi connectivity index (χ0n) is 16.7. The Morgan fingerprint density at radius 3 is 2.72 bits per heavy atom. The third-order valence-corrected chi connectivity index (χ3v) is 6.73. The van der Waals surface area contributed by atoms with E-state index in [4.69, 9.17) is 16.3 Å². The van der Waals surface area contributed by atoms with Crippen LogP contribution in [0, 0.1) is 5.92 Å². The van der Waals surface area contributed by atoms with Gasteiger partial charge in [0, 0.05) is 43.3 Å². The summed E-state index contributed by atoms with van der Waals surface area (Å²) < 4.78 is 5.35. The highest BCUT2D eigenvalue weighted by molar-refractivity contribution is 6.33. The molecule has 4 rings (SSSR count). The van der Waals surface area contributed by atoms with Crippen LogP contribution in [0.3, 0.4) is 0 Å². The molecule has 3 atom stereocenters. The predicted octanol–water partition coefficient (Wildman–Crippen LogP) is 3.61. The molecule has 0 spiro atoms. The van der Waals surface area contributed by atoms with Gasteiger partial charge in [0.05, 0.1) is 22.9 Å². The third-order valence-electron chi connectivity index (χ3n) is 6.40. The maximum Gasteiger partial charge on any atom is 0.225 e. The molecule has 29 heavy (non-hydrogen) atoms. The number of rotatable bonds is 4. The average molecular weight is 418 g/mol. The minimum Gasteiger partial charge on any atom is -0.390 e. The number of aromatic nitrogens is 2. The quantitative estimate of drug-likeness (QED) is 0.796. The van der Waals surface area contributed by atoms with Gasteiger partial charge in [-0.15, -0.1) is 0 Å². The smallest absolute Gasteiger partial charge is 0.225 e. The molecule has 2 heterocycles. The molecule has 1 saturated heterocycles. The predicted molar refractivity (Wildman–Crippen MR) is 112 cm³/mol. The van der Waals surface area contributed by atoms with Crippen LogP contribution < -0.4 is 0 Å². The lowest BCUT2D eigenvalue weighted by Crippen LogP contribution is -2.45. The van der Waals surface area contributed by atoms with Crippen molar-refractivity contribution in [1.29, 1.82) is 0 Å². The van der Waals surface area contributed by atoms with Gasteiger partial charge in [0.25, 0.3) is 0 Å². The molecule has 2 fully saturated rings. The summed E-state index contributed by atoms with van der Waals surface area (Å²) in [7, 11) is 1.60. The lowest BCUT2D eigenvalue weighted by molar-refractivity contribution is -0.142. The number of hydrogen-bond acceptors (Lipinski definition) is 4. The Bertz CT molecular complexity index is 847. The molecular formula is C22H28ClN3O3. The number of carbonyl (C=O) groups excluding carboxylic acids is 1. The summed E-state index contributed by atoms with van der Waals surface area (Å²) >= 11 is 6.29. The summed E-state index contributed by atoms with van der Waals surface area (Å²) in [6.45, 7) is 1.50. The van der Waals surface area contributed by atoms with E-state index in [1.54, 1.807) is 7.11 Å². The van der Waals surface area contributed by atoms with Gasteiger partial charge in [-0.2, -0.15) is 5.10 Å². The van der Waals surface area contributed by atoms with Crippen LogP contribution in [0.4, 0.5) is 0 Å². The lowest BCUT2D eigenvalue weighted by atomic mass is 9.83. The van der Waals surface area contributed by atoms with Gasteiger partial charge >= 0.3 is 0 Å². The summed E-state index contributed by atoms with van der Waals surface area (Å²) in [5.74, 6) is 0.528. The van der Waals surface area contributed by atoms with Crippen LogP contribution in [-0.2, 0) is 9.53 Å². The monoisotopic (exact) mass is 417 g/mol. The third kappa shape index (κ3) is 4.34. The molecule has 1 aliphatic heterocycles. The number of nitrogens with zero attached hydrogens (tertiary/aromatic N) is 2. The number of aromatic amines is 1. The SMILES string of the molecule is COC1CC(C(=O)N2CCC(c3cc(-c4ccccc4Cl)n[nH]3)CC2)CCC1O. The summed E-state index contributed by atoms with van der Waals surface area (Å²) in [6, 6.07) is 9.78. The van der Waals surface area contributed by atoms with Crippen LogP contribution in [0.2, 0.25) is 5.02 Å². The van der Waals surface area contributed by atoms with Crippen molar-refractivity contribution in [3.63, 3.8) is 0 Å². The van der Waals surface area contributed by atoms with Gasteiger partial charge in [0.1, 0.15) is 0 Å². The van der Waals surface area contributed by atoms with Gasteiger partial charge in [-0.3, -0.25) is 9.89 Å². The Hall–Kier alpha value is -1.89. The molecule has 0 radical (unpaired) electrons. The van der Waals surface area contributed by atoms with E-state index in [0.29, 0.717) is 23.8 Å². The van der Waals surface area contributed by atoms with Crippen molar-refractivity contribution in [3.8, 4) is 11.3 Å². The number of nitrogens with one attached hydrogen (secondary N) is 1. The zero-order valence-corrected chi connectivity index (χ0v) is 17.4. The first-order chi connectivity index (χ1) is 14.1. The van der Waals surface area contributed by atoms with E-state index in [2.05, 4.69) is 16.3 Å². The van der Waals surface area contributed by atoms with E-state index in [9.17, 15) is 9.90 Å². The average Bonchev–Trinajstić information content (AvgIpc) is 3.24. The van der Waals surface area contributed by atoms with Crippen molar-refractivity contribution < 1.29 is 14.6 Å². The van der Waals surface area contributed by atoms with Crippen molar-refractivity contribution in [2.75, 3.05) is 20.2 Å². The number of likely N-dealkylation sites (tertiary alicyclic amines) is 1. The number of halogens is 1. The highest BCUT2D eigenvalue weighted by Gasteiger charge is 2.36. The molecule has 3 unspecified atom stereocenters. The number of piperidine rings is 1. The molecule has 1 aliphatic carbocycles. The first-order valence-electron chi connectivity index (χ1n) is 10.4. The first kappa shape index (κ1) is 20.4. The van der Waals surface area contributed by atoms with Gasteiger partial charge < -0.3 is 14.7 Å². The van der Waals surface area contributed by atoms with E-state index < -0.39 is 6.10 Å². The summed E-state index contributed by atoms with van der Waals surface area (Å²) in [5.41, 5.74) is 2.89. The fraction of sp³-hybridized carbons (Fsp3) is 0.545. The second-order valence-electron chi connectivity index (χ2n) is 8.14. The molecule has 2 aliphatic rings. The van der Waals surface area contributed by atoms with E-state index >= 15 is 0 Å². The minimum atomic E-state index is -0.456. The molecule has 7 heteroatoms. The molecular weight excluding hydrogens is 390 g/mol. The Morgan fingerprint density at radius 2 is 2.00 bits per heavy atom. The fourth-order valence-corrected chi connectivity index (χ4v) is 4.85. The van der Waals surface area contributed by atoms with Gasteiger partial charge in [-0.05, 0) is 44.2 Å². The first-order valence-corrected chi connectivity index (χ1v) is 10.7. The number of benzene rings is 1. The van der Waals surface area contributed by atoms with Crippen molar-refractivity contribution >= 4 is 17.5 Å². The number of carbonyl (C=O) groups is 1. The Balaban J connectivity index is 1.35. The number of methoxy groups -OCH3 is 1. The molecule has 2 aromatic rings. The number of hydrogen-bond donors (Lipinski definition) is 2. The number of aliphatic hydroxyl groups is 1. The van der Waals surface area contributed by atoms with E-state index in [-0.39, 0.29) is 17.9 Å². The Morgan fingerprint density at radius 1 is 1.24 bits per heavy atom. The van der Waals surface area contributed by atoms with Crippen molar-refractivity contribution in [3.05, 3.63) is 41.0 Å². The van der Waals surface area contributed by atoms with Crippen LogP contribution in [0.5, 0.6) is 0 Å². The maximum atomic E-state index is 12.9. The molecule has 156 valence electrons. The molecule has 0 bridgehead atoms. The highest BCUT2D eigenvalue weighted by atomic mass is 35.5. The highest BCUT2D eigenvalue weighted by Crippen LogP contribution is 2.33. The van der Waals surface area contributed by atoms with E-state index in [1.807, 2.05) is 29.2 Å². The van der Waals surface area contributed by atoms with Crippen LogP contribution in [0.1, 0.15) is 43.7 Å². The van der Waals surface area contributed by atoms with E-state index in [1.165, 1.54) is 0 Å². The normalized spacial score (nSPS) is 25.9. The molecule has 2 N–H and O–H groups in total. The van der Waals surface area contributed by atoms with Gasteiger partial charge in [0.2, 0.25) is 5.91 Å². The summed E-state index contributed by atoms with van der Waals surface area (Å²) in [4.78, 5) is 14.9. The standard InChI is InChI=1S/C22H28ClN3O3/c1-29-21-12-15(6-7-20(21)27)22(28)26-10-8-14(9-11-26)18-13-19(25-24-18)16-4-2-3-5-17(16)23/h2-5,13-15,20-21,27H,6-12H2,1H3,(H,24,25). The lowest BCUT2D eigenvalue weighted by Gasteiger charge is -2.37. The molecule has 1 amide bonds. The molecule has 1 saturated carbocycles. The van der Waals surface area contributed by atoms with Crippen molar-refractivity contribution in [1.82, 2.24) is 15.1 Å². The zero-order chi connectivity index (χ0) is 20.4. The van der Waals surface area contributed by atoms with Gasteiger partial charge in [-0.1, -0.05) is 29.8 Å². The summed E-state index contributed by atoms with van der Waals surface area (Å²) in [6.07, 6.45) is 3.12. The number of ether oxygens (including phenoxy) is 1. The molecule has 1 aromatic heterocycles. The fourth-order valence-electron chi connectivity index (χ4n) is 4.61. The number of H-pyrrole nitrogens is 1. The van der Waals surface area contributed by atoms with Crippen molar-refractivity contribution in [2.45, 2.75) is 50.2 Å². The second-order valence-corrected chi connectivity index (χ2v) is 8.55. The van der Waals surface area contributed by atoms with Gasteiger partial charge in [0.15, 0.2) is 0 Å². The molecule has 6 nitrogen and oxygen atoms in total. The number of amides is 1. The van der Waals surface area contributed by atoms with E-state index in [0.717, 1.165) is 49.3 Å². The van der Waals surface area contributed by atoms with Crippen LogP contribution in [0.15, 0.2) is 30.3 Å². The Labute approximate surface area is 176 Å². The number of aliphatic hydroxyl groups excluding tert-OH is 1. The summed E-state index contributed by atoms with van der Waals surface area (Å²) in [5, 5.41) is 18.3. The topological polar surface area (TPSA) is 78.5 Å².